The molecule has 0 aliphatic heterocycles. The van der Waals surface area contributed by atoms with Crippen molar-refractivity contribution in [2.75, 3.05) is 0 Å². The van der Waals surface area contributed by atoms with Crippen molar-refractivity contribution in [1.29, 1.82) is 0 Å². The molecule has 0 bridgehead atoms. The molecular weight excluding hydrogens is 1720 g/mol. The Morgan fingerprint density at radius 3 is 1.10 bits per heavy atom. The van der Waals surface area contributed by atoms with E-state index < -0.39 is 18.1 Å². The summed E-state index contributed by atoms with van der Waals surface area (Å²) in [6.45, 7) is 4.70. The molecule has 32 rings (SSSR count). The van der Waals surface area contributed by atoms with Gasteiger partial charge in [0, 0.05) is 121 Å². The first-order chi connectivity index (χ1) is 72.3. The smallest absolute Gasteiger partial charge is 0.235 e. The number of fused-ring (bicyclic) bond motifs is 31. The highest BCUT2D eigenvalue weighted by Crippen LogP contribution is 2.58. The quantitative estimate of drug-likeness (QED) is 0.141. The Morgan fingerprint density at radius 2 is 0.592 bits per heavy atom. The van der Waals surface area contributed by atoms with Crippen LogP contribution in [0.5, 0.6) is 0 Å². The fourth-order valence-electron chi connectivity index (χ4n) is 24.2. The van der Waals surface area contributed by atoms with Gasteiger partial charge in [-0.25, -0.2) is 29.9 Å². The van der Waals surface area contributed by atoms with Crippen LogP contribution >= 0.6 is 0 Å². The van der Waals surface area contributed by atoms with E-state index in [1.54, 1.807) is 0 Å². The van der Waals surface area contributed by atoms with Gasteiger partial charge in [-0.05, 0) is 182 Å². The van der Waals surface area contributed by atoms with Gasteiger partial charge in [0.25, 0.3) is 0 Å². The molecule has 658 valence electrons. The lowest BCUT2D eigenvalue weighted by molar-refractivity contribution is 0.660. The van der Waals surface area contributed by atoms with Gasteiger partial charge in [-0.2, -0.15) is 0 Å². The lowest BCUT2D eigenvalue weighted by Gasteiger charge is -2.22. The van der Waals surface area contributed by atoms with Crippen molar-refractivity contribution >= 4 is 141 Å². The Bertz CT molecular complexity index is 10600. The lowest BCUT2D eigenvalue weighted by Crippen LogP contribution is -2.15. The van der Waals surface area contributed by atoms with Crippen molar-refractivity contribution in [1.82, 2.24) is 43.6 Å². The van der Waals surface area contributed by atoms with E-state index in [-0.39, 0.29) is 23.1 Å². The van der Waals surface area contributed by atoms with E-state index in [2.05, 4.69) is 416 Å². The molecule has 4 aliphatic carbocycles. The summed E-state index contributed by atoms with van der Waals surface area (Å²) in [5.41, 5.74) is 34.5. The number of nitrogens with zero attached hydrogens (tertiary/aromatic N) is 9. The molecule has 6 aromatic heterocycles. The predicted molar refractivity (Wildman–Crippen MR) is 590 cm³/mol. The number of aromatic nitrogens is 9. The van der Waals surface area contributed by atoms with Crippen molar-refractivity contribution in [2.24, 2.45) is 0 Å². The second-order valence-electron chi connectivity index (χ2n) is 38.1. The molecule has 0 radical (unpaired) electrons. The normalized spacial score (nSPS) is 13.1. The minimum absolute atomic E-state index is 0.0607. The monoisotopic (exact) mass is 1810 g/mol. The molecule has 0 fully saturated rings. The van der Waals surface area contributed by atoms with Gasteiger partial charge in [-0.15, -0.1) is 0 Å². The number of hydrogen-bond acceptors (Lipinski definition) is 6. The second kappa shape index (κ2) is 30.7. The van der Waals surface area contributed by atoms with Crippen molar-refractivity contribution in [3.63, 3.8) is 0 Å². The molecule has 0 N–H and O–H groups in total. The second-order valence-corrected chi connectivity index (χ2v) is 38.1. The first-order valence-corrected chi connectivity index (χ1v) is 48.4. The zero-order chi connectivity index (χ0) is 97.6. The number of benzene rings is 22. The third-order valence-corrected chi connectivity index (χ3v) is 30.3. The highest BCUT2D eigenvalue weighted by Gasteiger charge is 2.38. The number of hydrogen-bond donors (Lipinski definition) is 0. The van der Waals surface area contributed by atoms with E-state index in [1.807, 2.05) is 36.4 Å². The Balaban J connectivity index is 0.000000102. The summed E-state index contributed by atoms with van der Waals surface area (Å²) >= 11 is 0. The molecule has 0 spiro atoms. The molecular formula is C133H81N9. The van der Waals surface area contributed by atoms with Crippen LogP contribution in [0.15, 0.2) is 455 Å². The molecule has 22 aromatic carbocycles. The van der Waals surface area contributed by atoms with Crippen molar-refractivity contribution in [2.45, 2.75) is 19.3 Å². The molecule has 142 heavy (non-hydrogen) atoms. The average molecular weight is 1810 g/mol. The van der Waals surface area contributed by atoms with Gasteiger partial charge in [-0.3, -0.25) is 4.57 Å². The minimum Gasteiger partial charge on any atom is -0.309 e. The zero-order valence-corrected chi connectivity index (χ0v) is 76.9. The molecule has 0 unspecified atom stereocenters. The summed E-state index contributed by atoms with van der Waals surface area (Å²) < 4.78 is 48.8. The van der Waals surface area contributed by atoms with Gasteiger partial charge in [0.2, 0.25) is 5.95 Å². The Kier molecular flexibility index (Phi) is 16.1. The van der Waals surface area contributed by atoms with Crippen LogP contribution in [0, 0.1) is 0 Å². The highest BCUT2D eigenvalue weighted by molar-refractivity contribution is 6.31. The first-order valence-electron chi connectivity index (χ1n) is 50.9. The molecule has 0 saturated heterocycles. The number of para-hydroxylation sites is 4. The molecule has 28 aromatic rings. The Labute approximate surface area is 823 Å². The van der Waals surface area contributed by atoms with Gasteiger partial charge in [0.1, 0.15) is 0 Å². The van der Waals surface area contributed by atoms with Crippen LogP contribution in [-0.4, -0.2) is 43.6 Å². The van der Waals surface area contributed by atoms with Gasteiger partial charge >= 0.3 is 0 Å². The Hall–Kier alpha value is -18.7. The predicted octanol–water partition coefficient (Wildman–Crippen LogP) is 34.4. The van der Waals surface area contributed by atoms with Gasteiger partial charge in [0.05, 0.1) is 74.1 Å². The van der Waals surface area contributed by atoms with E-state index in [9.17, 15) is 0 Å². The van der Waals surface area contributed by atoms with Crippen LogP contribution in [0.25, 0.3) is 293 Å². The summed E-state index contributed by atoms with van der Waals surface area (Å²) in [6.07, 6.45) is 0. The van der Waals surface area contributed by atoms with Gasteiger partial charge < -0.3 is 9.13 Å². The maximum atomic E-state index is 8.61. The SMILES string of the molecule is CC1(C)c2ccccc2-c2ccc(-c3nc(-n4c5c(c6ccccc64)-c4cccc6cccc-5c46)nc4c5ccccc5c5ccccc5c34)cc21.[2H]c1c([2H])c([2H])c(-c2nc(-c3ccc(-n4c5c(c6ccccc64)-c4cccc6cccc-5c46)cc3)nc3ccccc23)c([2H])c1[2H].c1ccc(-c2nc(-c3ccc(-n4c5c(c6ccccc64)-c4cccc6cccc-5c46)cc3)nc3c4ccccc4c4ccccc4c23)cc1. The third kappa shape index (κ3) is 11.6. The van der Waals surface area contributed by atoms with E-state index in [0.717, 1.165) is 100 Å². The van der Waals surface area contributed by atoms with E-state index in [1.165, 1.54) is 170 Å². The Morgan fingerprint density at radius 1 is 0.225 bits per heavy atom. The van der Waals surface area contributed by atoms with Crippen LogP contribution in [0.4, 0.5) is 0 Å². The fraction of sp³-hybridized carbons (Fsp3) is 0.0226. The summed E-state index contributed by atoms with van der Waals surface area (Å²) in [6, 6.07) is 149. The molecule has 0 amide bonds. The largest absolute Gasteiger partial charge is 0.309 e. The molecule has 0 atom stereocenters. The van der Waals surface area contributed by atoms with Crippen molar-refractivity contribution in [3.8, 4) is 152 Å². The standard InChI is InChI=1S/C49H31N3.C46H27N3.C38H23N3/c1-49(2)39-23-9-7-17-32(39)33-26-25-29(27-40(33)49)45-44-34-18-5-3-15-30(34)31-16-4-6-19-35(31)46(44)51-48(50-45)52-41-24-10-8-20-36(41)43-37-21-11-13-28-14-12-22-38(42(28)37)47(43)52;1-2-12-29(13-3-1)43-42-34-18-6-4-16-32(34)33-17-5-7-19-35(33)44(42)48-46(47-43)30-24-26-31(27-25-30)49-39-23-9-8-20-36(39)41-37-21-10-14-28-15-11-22-38(40(28)37)45(41)49;1-2-10-25(11-3-1)36-28-14-4-6-18-32(28)39-38(40-36)26-20-22-27(23-21-26)41-33-19-7-5-15-29(33)35-30-16-8-12-24-13-9-17-31(34(24)30)37(35)41/h3-27H,1-2H3;1-27H;1-23H/i;;1D,2D,3D,10D,11D. The molecule has 0 saturated carbocycles. The van der Waals surface area contributed by atoms with Gasteiger partial charge in [0.15, 0.2) is 11.6 Å². The van der Waals surface area contributed by atoms with Crippen molar-refractivity contribution in [3.05, 3.63) is 466 Å². The highest BCUT2D eigenvalue weighted by atomic mass is 15.2. The lowest BCUT2D eigenvalue weighted by atomic mass is 9.81. The molecule has 9 heteroatoms. The average Bonchev–Trinajstić information content (AvgIpc) is 1.55. The van der Waals surface area contributed by atoms with E-state index in [4.69, 9.17) is 36.8 Å². The summed E-state index contributed by atoms with van der Waals surface area (Å²) in [5.74, 6) is 1.82. The summed E-state index contributed by atoms with van der Waals surface area (Å²) in [4.78, 5) is 31.7. The summed E-state index contributed by atoms with van der Waals surface area (Å²) in [5, 5.41) is 23.6. The molecule has 9 nitrogen and oxygen atoms in total. The maximum Gasteiger partial charge on any atom is 0.235 e. The number of rotatable bonds is 8. The van der Waals surface area contributed by atoms with E-state index >= 15 is 0 Å². The first kappa shape index (κ1) is 74.5. The maximum absolute atomic E-state index is 8.61. The van der Waals surface area contributed by atoms with E-state index in [0.29, 0.717) is 28.4 Å². The molecule has 6 heterocycles. The fourth-order valence-corrected chi connectivity index (χ4v) is 24.2. The zero-order valence-electron chi connectivity index (χ0n) is 81.9. The minimum atomic E-state index is -0.434. The van der Waals surface area contributed by atoms with Crippen molar-refractivity contribution < 1.29 is 6.85 Å². The van der Waals surface area contributed by atoms with Crippen LogP contribution < -0.4 is 0 Å². The van der Waals surface area contributed by atoms with Crippen LogP contribution in [-0.2, 0) is 5.41 Å². The van der Waals surface area contributed by atoms with Crippen LogP contribution in [0.1, 0.15) is 31.8 Å². The van der Waals surface area contributed by atoms with Gasteiger partial charge in [-0.1, -0.05) is 390 Å². The topological polar surface area (TPSA) is 92.1 Å². The van der Waals surface area contributed by atoms with Crippen LogP contribution in [0.3, 0.4) is 0 Å². The molecule has 4 aliphatic rings. The summed E-state index contributed by atoms with van der Waals surface area (Å²) in [7, 11) is 0. The third-order valence-electron chi connectivity index (χ3n) is 30.3. The van der Waals surface area contributed by atoms with Crippen LogP contribution in [0.2, 0.25) is 0 Å².